The number of benzene rings is 1. The molecular weight excluding hydrogens is 316 g/mol. The maximum Gasteiger partial charge on any atom is 0.0489 e. The lowest BCUT2D eigenvalue weighted by molar-refractivity contribution is 0.0851. The van der Waals surface area contributed by atoms with Crippen molar-refractivity contribution in [3.05, 3.63) is 35.4 Å². The molecule has 1 aliphatic rings. The zero-order valence-electron chi connectivity index (χ0n) is 15.6. The fourth-order valence-electron chi connectivity index (χ4n) is 3.04. The molecule has 0 amide bonds. The van der Waals surface area contributed by atoms with Gasteiger partial charge < -0.3 is 9.64 Å². The monoisotopic (exact) mass is 350 g/mol. The van der Waals surface area contributed by atoms with E-state index in [0.717, 1.165) is 39.3 Å². The Morgan fingerprint density at radius 2 is 1.62 bits per heavy atom. The molecule has 0 N–H and O–H groups in total. The first-order valence-corrected chi connectivity index (χ1v) is 9.85. The van der Waals surface area contributed by atoms with Crippen molar-refractivity contribution >= 4 is 12.6 Å². The average molecular weight is 351 g/mol. The molecule has 4 heteroatoms. The van der Waals surface area contributed by atoms with E-state index in [4.69, 9.17) is 4.74 Å². The second kappa shape index (κ2) is 10.4. The highest BCUT2D eigenvalue weighted by Crippen LogP contribution is 2.19. The smallest absolute Gasteiger partial charge is 0.0489 e. The minimum atomic E-state index is 0.312. The van der Waals surface area contributed by atoms with Crippen LogP contribution in [0.5, 0.6) is 0 Å². The van der Waals surface area contributed by atoms with Crippen molar-refractivity contribution in [3.8, 4) is 0 Å². The summed E-state index contributed by atoms with van der Waals surface area (Å²) >= 11 is 4.49. The van der Waals surface area contributed by atoms with Crippen molar-refractivity contribution in [2.24, 2.45) is 5.92 Å². The Morgan fingerprint density at radius 3 is 2.21 bits per heavy atom. The predicted octanol–water partition coefficient (Wildman–Crippen LogP) is 3.86. The molecule has 1 atom stereocenters. The number of nitrogens with zero attached hydrogens (tertiary/aromatic N) is 2. The molecule has 1 unspecified atom stereocenters. The summed E-state index contributed by atoms with van der Waals surface area (Å²) in [6, 6.07) is 8.92. The first-order chi connectivity index (χ1) is 11.5. The molecule has 0 saturated carbocycles. The van der Waals surface area contributed by atoms with Gasteiger partial charge in [-0.15, -0.1) is 0 Å². The second-order valence-electron chi connectivity index (χ2n) is 7.36. The van der Waals surface area contributed by atoms with Crippen LogP contribution in [0.1, 0.15) is 43.6 Å². The Bertz CT molecular complexity index is 453. The topological polar surface area (TPSA) is 15.7 Å². The van der Waals surface area contributed by atoms with E-state index in [0.29, 0.717) is 11.2 Å². The van der Waals surface area contributed by atoms with Crippen LogP contribution in [0.4, 0.5) is 0 Å². The van der Waals surface area contributed by atoms with Crippen molar-refractivity contribution in [2.75, 3.05) is 45.9 Å². The van der Waals surface area contributed by atoms with Crippen molar-refractivity contribution in [3.63, 3.8) is 0 Å². The Hall–Kier alpha value is -0.550. The fourth-order valence-corrected chi connectivity index (χ4v) is 3.21. The van der Waals surface area contributed by atoms with Crippen LogP contribution in [-0.2, 0) is 11.3 Å². The summed E-state index contributed by atoms with van der Waals surface area (Å²) < 4.78 is 5.67. The number of hydrogen-bond acceptors (Lipinski definition) is 4. The highest BCUT2D eigenvalue weighted by atomic mass is 32.1. The van der Waals surface area contributed by atoms with E-state index < -0.39 is 0 Å². The standard InChI is InChI=1S/C20H34N2OS/c1-17(2)16-23-14-4-9-21-10-12-22(13-11-21)15-19-5-7-20(8-6-19)18(3)24/h5-8,17-18,24H,4,9-16H2,1-3H3. The van der Waals surface area contributed by atoms with Crippen LogP contribution in [0.3, 0.4) is 0 Å². The van der Waals surface area contributed by atoms with Gasteiger partial charge in [0.2, 0.25) is 0 Å². The van der Waals surface area contributed by atoms with E-state index in [9.17, 15) is 0 Å². The van der Waals surface area contributed by atoms with Gasteiger partial charge >= 0.3 is 0 Å². The van der Waals surface area contributed by atoms with E-state index in [2.05, 4.69) is 67.5 Å². The number of piperazine rings is 1. The quantitative estimate of drug-likeness (QED) is 0.538. The molecule has 1 heterocycles. The molecule has 0 spiro atoms. The molecule has 1 aromatic rings. The average Bonchev–Trinajstić information content (AvgIpc) is 2.56. The highest BCUT2D eigenvalue weighted by Gasteiger charge is 2.16. The Kier molecular flexibility index (Phi) is 8.60. The lowest BCUT2D eigenvalue weighted by Crippen LogP contribution is -2.46. The molecular formula is C20H34N2OS. The van der Waals surface area contributed by atoms with E-state index in [1.54, 1.807) is 0 Å². The van der Waals surface area contributed by atoms with Gasteiger partial charge in [0.05, 0.1) is 0 Å². The summed E-state index contributed by atoms with van der Waals surface area (Å²) in [5.74, 6) is 0.638. The van der Waals surface area contributed by atoms with E-state index in [1.807, 2.05) is 0 Å². The minimum absolute atomic E-state index is 0.312. The molecule has 136 valence electrons. The van der Waals surface area contributed by atoms with Crippen LogP contribution in [0.15, 0.2) is 24.3 Å². The predicted molar refractivity (Wildman–Crippen MR) is 106 cm³/mol. The summed E-state index contributed by atoms with van der Waals surface area (Å²) in [5.41, 5.74) is 2.70. The summed E-state index contributed by atoms with van der Waals surface area (Å²) in [7, 11) is 0. The molecule has 1 saturated heterocycles. The van der Waals surface area contributed by atoms with Crippen LogP contribution in [0.25, 0.3) is 0 Å². The van der Waals surface area contributed by atoms with Crippen LogP contribution >= 0.6 is 12.6 Å². The highest BCUT2D eigenvalue weighted by molar-refractivity contribution is 7.80. The van der Waals surface area contributed by atoms with E-state index >= 15 is 0 Å². The molecule has 0 bridgehead atoms. The summed E-state index contributed by atoms with van der Waals surface area (Å²) in [4.78, 5) is 5.13. The van der Waals surface area contributed by atoms with Gasteiger partial charge in [0, 0.05) is 57.7 Å². The molecule has 0 aliphatic carbocycles. The van der Waals surface area contributed by atoms with Gasteiger partial charge in [-0.3, -0.25) is 4.90 Å². The Balaban J connectivity index is 1.62. The zero-order valence-corrected chi connectivity index (χ0v) is 16.5. The molecule has 0 radical (unpaired) electrons. The second-order valence-corrected chi connectivity index (χ2v) is 8.13. The largest absolute Gasteiger partial charge is 0.381 e. The minimum Gasteiger partial charge on any atom is -0.381 e. The van der Waals surface area contributed by atoms with Crippen LogP contribution in [0, 0.1) is 5.92 Å². The zero-order chi connectivity index (χ0) is 17.4. The number of rotatable bonds is 9. The molecule has 3 nitrogen and oxygen atoms in total. The maximum absolute atomic E-state index is 5.67. The van der Waals surface area contributed by atoms with Gasteiger partial charge in [-0.25, -0.2) is 0 Å². The van der Waals surface area contributed by atoms with Gasteiger partial charge in [0.1, 0.15) is 0 Å². The molecule has 24 heavy (non-hydrogen) atoms. The third kappa shape index (κ3) is 7.14. The normalized spacial score (nSPS) is 18.2. The maximum atomic E-state index is 5.67. The number of hydrogen-bond donors (Lipinski definition) is 1. The van der Waals surface area contributed by atoms with Gasteiger partial charge in [0.25, 0.3) is 0 Å². The van der Waals surface area contributed by atoms with Crippen LogP contribution in [-0.4, -0.2) is 55.7 Å². The fraction of sp³-hybridized carbons (Fsp3) is 0.700. The molecule has 2 rings (SSSR count). The Morgan fingerprint density at radius 1 is 1.00 bits per heavy atom. The summed E-state index contributed by atoms with van der Waals surface area (Å²) in [6.07, 6.45) is 1.15. The van der Waals surface area contributed by atoms with Crippen molar-refractivity contribution in [1.82, 2.24) is 9.80 Å². The Labute approximate surface area is 153 Å². The van der Waals surface area contributed by atoms with E-state index in [-0.39, 0.29) is 0 Å². The SMILES string of the molecule is CC(C)COCCCN1CCN(Cc2ccc(C(C)S)cc2)CC1. The molecule has 1 fully saturated rings. The number of ether oxygens (including phenoxy) is 1. The van der Waals surface area contributed by atoms with Gasteiger partial charge in [0.15, 0.2) is 0 Å². The summed E-state index contributed by atoms with van der Waals surface area (Å²) in [5, 5.41) is 0.312. The van der Waals surface area contributed by atoms with Crippen molar-refractivity contribution in [2.45, 2.75) is 39.0 Å². The van der Waals surface area contributed by atoms with Gasteiger partial charge in [-0.05, 0) is 30.4 Å². The first kappa shape index (κ1) is 19.8. The van der Waals surface area contributed by atoms with E-state index in [1.165, 1.54) is 30.8 Å². The van der Waals surface area contributed by atoms with Crippen molar-refractivity contribution < 1.29 is 4.74 Å². The molecule has 0 aromatic heterocycles. The third-order valence-electron chi connectivity index (χ3n) is 4.55. The van der Waals surface area contributed by atoms with Gasteiger partial charge in [-0.1, -0.05) is 38.1 Å². The lowest BCUT2D eigenvalue weighted by Gasteiger charge is -2.34. The molecule has 1 aliphatic heterocycles. The molecule has 1 aromatic carbocycles. The third-order valence-corrected chi connectivity index (χ3v) is 4.85. The first-order valence-electron chi connectivity index (χ1n) is 9.34. The lowest BCUT2D eigenvalue weighted by atomic mass is 10.1. The van der Waals surface area contributed by atoms with Crippen LogP contribution in [0.2, 0.25) is 0 Å². The van der Waals surface area contributed by atoms with Crippen LogP contribution < -0.4 is 0 Å². The van der Waals surface area contributed by atoms with Gasteiger partial charge in [-0.2, -0.15) is 12.6 Å². The summed E-state index contributed by atoms with van der Waals surface area (Å²) in [6.45, 7) is 15.2. The van der Waals surface area contributed by atoms with Crippen molar-refractivity contribution in [1.29, 1.82) is 0 Å². The number of thiol groups is 1.